The Balaban J connectivity index is 2.18. The highest BCUT2D eigenvalue weighted by atomic mass is 35.5. The van der Waals surface area contributed by atoms with Gasteiger partial charge in [-0.15, -0.1) is 11.3 Å². The summed E-state index contributed by atoms with van der Waals surface area (Å²) in [4.78, 5) is 29.2. The van der Waals surface area contributed by atoms with Gasteiger partial charge in [0.05, 0.1) is 17.9 Å². The van der Waals surface area contributed by atoms with Gasteiger partial charge in [-0.2, -0.15) is 5.10 Å². The molecule has 0 bridgehead atoms. The first-order valence-corrected chi connectivity index (χ1v) is 9.50. The third kappa shape index (κ3) is 3.95. The number of ether oxygens (including phenoxy) is 1. The fourth-order valence-corrected chi connectivity index (χ4v) is 3.16. The Morgan fingerprint density at radius 3 is 2.64 bits per heavy atom. The number of carbonyl (C=O) groups excluding carboxylic acids is 2. The molecule has 10 heteroatoms. The van der Waals surface area contributed by atoms with Crippen molar-refractivity contribution < 1.29 is 14.3 Å². The zero-order valence-electron chi connectivity index (χ0n) is 15.0. The summed E-state index contributed by atoms with van der Waals surface area (Å²) < 4.78 is 6.26. The average Bonchev–Trinajstić information content (AvgIpc) is 3.16. The molecule has 0 spiro atoms. The van der Waals surface area contributed by atoms with E-state index >= 15 is 0 Å². The quantitative estimate of drug-likeness (QED) is 0.619. The molecule has 0 fully saturated rings. The second kappa shape index (κ2) is 8.32. The number of carbonyl (C=O) groups is 2. The van der Waals surface area contributed by atoms with Gasteiger partial charge in [0.25, 0.3) is 5.91 Å². The predicted molar refractivity (Wildman–Crippen MR) is 105 cm³/mol. The molecule has 0 radical (unpaired) electrons. The van der Waals surface area contributed by atoms with Gasteiger partial charge < -0.3 is 4.74 Å². The van der Waals surface area contributed by atoms with E-state index in [-0.39, 0.29) is 28.9 Å². The summed E-state index contributed by atoms with van der Waals surface area (Å²) in [5.41, 5.74) is 0.508. The molecule has 3 aromatic rings. The SMILES string of the molecule is CCOC(=O)c1nn(-c2ccc(Cl)cc2)c(=N)c(C(=O)Nc2nccs2)c1C. The van der Waals surface area contributed by atoms with Crippen LogP contribution in [-0.2, 0) is 4.74 Å². The molecule has 28 heavy (non-hydrogen) atoms. The molecular weight excluding hydrogens is 402 g/mol. The van der Waals surface area contributed by atoms with E-state index < -0.39 is 11.9 Å². The lowest BCUT2D eigenvalue weighted by molar-refractivity contribution is 0.0516. The van der Waals surface area contributed by atoms with Crippen LogP contribution in [0, 0.1) is 12.3 Å². The Kier molecular flexibility index (Phi) is 5.86. The van der Waals surface area contributed by atoms with Gasteiger partial charge in [-0.25, -0.2) is 14.5 Å². The van der Waals surface area contributed by atoms with Crippen LogP contribution < -0.4 is 10.8 Å². The van der Waals surface area contributed by atoms with Crippen molar-refractivity contribution in [3.63, 3.8) is 0 Å². The fraction of sp³-hybridized carbons (Fsp3) is 0.167. The van der Waals surface area contributed by atoms with Gasteiger partial charge in [0.15, 0.2) is 16.3 Å². The molecule has 1 aromatic carbocycles. The number of esters is 1. The van der Waals surface area contributed by atoms with Crippen LogP contribution in [0.3, 0.4) is 0 Å². The molecule has 0 aliphatic heterocycles. The van der Waals surface area contributed by atoms with Crippen LogP contribution in [0.5, 0.6) is 0 Å². The summed E-state index contributed by atoms with van der Waals surface area (Å²) in [5.74, 6) is -1.24. The van der Waals surface area contributed by atoms with E-state index in [1.807, 2.05) is 0 Å². The zero-order chi connectivity index (χ0) is 20.3. The third-order valence-corrected chi connectivity index (χ3v) is 4.74. The number of amides is 1. The van der Waals surface area contributed by atoms with Gasteiger partial charge in [-0.3, -0.25) is 15.5 Å². The lowest BCUT2D eigenvalue weighted by atomic mass is 10.1. The number of halogens is 1. The third-order valence-electron chi connectivity index (χ3n) is 3.80. The van der Waals surface area contributed by atoms with Crippen LogP contribution >= 0.6 is 22.9 Å². The van der Waals surface area contributed by atoms with Gasteiger partial charge in [0.1, 0.15) is 0 Å². The Bertz CT molecular complexity index is 1080. The van der Waals surface area contributed by atoms with Crippen LogP contribution in [-0.4, -0.2) is 33.2 Å². The number of anilines is 1. The molecule has 144 valence electrons. The molecule has 3 rings (SSSR count). The van der Waals surface area contributed by atoms with Crippen molar-refractivity contribution in [1.29, 1.82) is 5.41 Å². The normalized spacial score (nSPS) is 10.5. The van der Waals surface area contributed by atoms with E-state index in [0.29, 0.717) is 15.8 Å². The summed E-state index contributed by atoms with van der Waals surface area (Å²) in [6.07, 6.45) is 1.55. The van der Waals surface area contributed by atoms with Crippen LogP contribution in [0.1, 0.15) is 33.3 Å². The number of hydrogen-bond donors (Lipinski definition) is 2. The first-order valence-electron chi connectivity index (χ1n) is 8.24. The van der Waals surface area contributed by atoms with E-state index in [1.54, 1.807) is 49.7 Å². The van der Waals surface area contributed by atoms with Gasteiger partial charge >= 0.3 is 5.97 Å². The molecule has 0 saturated heterocycles. The molecule has 2 aromatic heterocycles. The van der Waals surface area contributed by atoms with Crippen molar-refractivity contribution in [2.75, 3.05) is 11.9 Å². The Hall–Kier alpha value is -3.04. The van der Waals surface area contributed by atoms with E-state index in [4.69, 9.17) is 21.7 Å². The van der Waals surface area contributed by atoms with Gasteiger partial charge in [-0.05, 0) is 38.1 Å². The van der Waals surface area contributed by atoms with Crippen molar-refractivity contribution in [2.45, 2.75) is 13.8 Å². The molecule has 0 unspecified atom stereocenters. The van der Waals surface area contributed by atoms with Gasteiger partial charge in [0, 0.05) is 22.2 Å². The first-order chi connectivity index (χ1) is 13.4. The second-order valence-corrected chi connectivity index (χ2v) is 6.93. The Labute approximate surface area is 169 Å². The van der Waals surface area contributed by atoms with Gasteiger partial charge in [-0.1, -0.05) is 11.6 Å². The second-order valence-electron chi connectivity index (χ2n) is 5.60. The maximum absolute atomic E-state index is 12.8. The van der Waals surface area contributed by atoms with Crippen LogP contribution in [0.2, 0.25) is 5.02 Å². The van der Waals surface area contributed by atoms with E-state index in [2.05, 4.69) is 15.4 Å². The molecule has 2 heterocycles. The number of nitrogens with one attached hydrogen (secondary N) is 2. The minimum atomic E-state index is -0.675. The maximum atomic E-state index is 12.8. The average molecular weight is 418 g/mol. The smallest absolute Gasteiger partial charge is 0.359 e. The van der Waals surface area contributed by atoms with Crippen LogP contribution in [0.4, 0.5) is 5.13 Å². The predicted octanol–water partition coefficient (Wildman–Crippen LogP) is 3.20. The molecule has 0 saturated carbocycles. The van der Waals surface area contributed by atoms with Crippen LogP contribution in [0.25, 0.3) is 5.69 Å². The Morgan fingerprint density at radius 2 is 2.04 bits per heavy atom. The lowest BCUT2D eigenvalue weighted by Gasteiger charge is -2.15. The molecule has 1 amide bonds. The monoisotopic (exact) mass is 417 g/mol. The largest absolute Gasteiger partial charge is 0.461 e. The Morgan fingerprint density at radius 1 is 1.32 bits per heavy atom. The van der Waals surface area contributed by atoms with E-state index in [1.165, 1.54) is 16.0 Å². The summed E-state index contributed by atoms with van der Waals surface area (Å²) in [7, 11) is 0. The number of aromatic nitrogens is 3. The van der Waals surface area contributed by atoms with Crippen molar-refractivity contribution in [2.24, 2.45) is 0 Å². The fourth-order valence-electron chi connectivity index (χ4n) is 2.51. The highest BCUT2D eigenvalue weighted by Gasteiger charge is 2.24. The highest BCUT2D eigenvalue weighted by molar-refractivity contribution is 7.13. The number of rotatable bonds is 5. The maximum Gasteiger partial charge on any atom is 0.359 e. The standard InChI is InChI=1S/C18H16ClN5O3S/c1-3-27-17(26)14-10(2)13(16(25)22-18-21-8-9-28-18)15(20)24(23-14)12-6-4-11(19)5-7-12/h4-9,20H,3H2,1-2H3,(H,21,22,25). The summed E-state index contributed by atoms with van der Waals surface area (Å²) >= 11 is 7.17. The molecule has 2 N–H and O–H groups in total. The van der Waals surface area contributed by atoms with Gasteiger partial charge in [0.2, 0.25) is 0 Å². The van der Waals surface area contributed by atoms with Crippen LogP contribution in [0.15, 0.2) is 35.8 Å². The zero-order valence-corrected chi connectivity index (χ0v) is 16.6. The molecule has 0 atom stereocenters. The van der Waals surface area contributed by atoms with Crippen molar-refractivity contribution in [1.82, 2.24) is 14.8 Å². The number of benzene rings is 1. The number of thiazole rings is 1. The summed E-state index contributed by atoms with van der Waals surface area (Å²) in [6, 6.07) is 6.54. The minimum absolute atomic E-state index is 0.00297. The van der Waals surface area contributed by atoms with Crippen molar-refractivity contribution >= 4 is 39.9 Å². The lowest BCUT2D eigenvalue weighted by Crippen LogP contribution is -2.34. The summed E-state index contributed by atoms with van der Waals surface area (Å²) in [6.45, 7) is 3.39. The molecule has 8 nitrogen and oxygen atoms in total. The number of hydrogen-bond acceptors (Lipinski definition) is 7. The van der Waals surface area contributed by atoms with Crippen molar-refractivity contribution in [3.8, 4) is 5.69 Å². The number of nitrogens with zero attached hydrogens (tertiary/aromatic N) is 3. The minimum Gasteiger partial charge on any atom is -0.461 e. The molecule has 0 aliphatic carbocycles. The van der Waals surface area contributed by atoms with E-state index in [9.17, 15) is 9.59 Å². The highest BCUT2D eigenvalue weighted by Crippen LogP contribution is 2.17. The van der Waals surface area contributed by atoms with E-state index in [0.717, 1.165) is 0 Å². The van der Waals surface area contributed by atoms with Crippen molar-refractivity contribution in [3.05, 3.63) is 63.2 Å². The topological polar surface area (TPSA) is 110 Å². The first kappa shape index (κ1) is 19.7. The molecule has 0 aliphatic rings. The molecular formula is C18H16ClN5O3S. The summed E-state index contributed by atoms with van der Waals surface area (Å²) in [5, 5.41) is 18.0.